The van der Waals surface area contributed by atoms with Gasteiger partial charge in [-0.05, 0) is 129 Å². The number of hydrogen-bond acceptors (Lipinski definition) is 2. The van der Waals surface area contributed by atoms with Gasteiger partial charge in [0, 0.05) is 32.9 Å². The molecule has 0 unspecified atom stereocenters. The lowest BCUT2D eigenvalue weighted by atomic mass is 9.94. The first-order valence-electron chi connectivity index (χ1n) is 22.2. The zero-order chi connectivity index (χ0) is 44.9. The van der Waals surface area contributed by atoms with Crippen LogP contribution < -0.4 is 0 Å². The Balaban J connectivity index is 0.000000626. The summed E-state index contributed by atoms with van der Waals surface area (Å²) in [6.45, 7) is 10.7. The third-order valence-electron chi connectivity index (χ3n) is 12.3. The summed E-state index contributed by atoms with van der Waals surface area (Å²) in [5.41, 5.74) is 20.2. The van der Waals surface area contributed by atoms with E-state index < -0.39 is 0 Å². The molecule has 0 aliphatic heterocycles. The molecule has 11 aromatic rings. The van der Waals surface area contributed by atoms with E-state index in [1.807, 2.05) is 13.8 Å². The highest BCUT2D eigenvalue weighted by atomic mass is 33.1. The van der Waals surface area contributed by atoms with Crippen molar-refractivity contribution in [2.75, 3.05) is 0 Å². The molecule has 2 aromatic heterocycles. The fraction of sp³-hybridized carbons (Fsp3) is 0.0492. The molecule has 0 bridgehead atoms. The molecular formula is C61H50N2S2. The van der Waals surface area contributed by atoms with Crippen LogP contribution >= 0.6 is 23.3 Å². The van der Waals surface area contributed by atoms with E-state index in [9.17, 15) is 0 Å². The predicted molar refractivity (Wildman–Crippen MR) is 289 cm³/mol. The van der Waals surface area contributed by atoms with Crippen LogP contribution in [0.3, 0.4) is 0 Å². The third-order valence-corrected chi connectivity index (χ3v) is 12.3. The van der Waals surface area contributed by atoms with Gasteiger partial charge in [0.05, 0.1) is 22.1 Å². The largest absolute Gasteiger partial charge is 0.309 e. The monoisotopic (exact) mass is 874 g/mol. The second-order valence-electron chi connectivity index (χ2n) is 15.8. The van der Waals surface area contributed by atoms with Crippen molar-refractivity contribution < 1.29 is 0 Å². The number of allylic oxidation sites excluding steroid dienone is 2. The minimum Gasteiger partial charge on any atom is -0.309 e. The maximum absolute atomic E-state index is 3.36. The van der Waals surface area contributed by atoms with Crippen LogP contribution in [0.25, 0.3) is 99.5 Å². The van der Waals surface area contributed by atoms with Gasteiger partial charge in [0.2, 0.25) is 0 Å². The lowest BCUT2D eigenvalue weighted by Gasteiger charge is -2.13. The highest BCUT2D eigenvalue weighted by Crippen LogP contribution is 2.44. The molecule has 65 heavy (non-hydrogen) atoms. The molecule has 0 spiro atoms. The maximum Gasteiger partial charge on any atom is 0.0541 e. The zero-order valence-corrected chi connectivity index (χ0v) is 38.5. The summed E-state index contributed by atoms with van der Waals surface area (Å²) in [5, 5.41) is 5.10. The Morgan fingerprint density at radius 1 is 0.369 bits per heavy atom. The van der Waals surface area contributed by atoms with Crippen LogP contribution in [-0.4, -0.2) is 9.13 Å². The first kappa shape index (κ1) is 43.0. The van der Waals surface area contributed by atoms with E-state index in [4.69, 9.17) is 0 Å². The van der Waals surface area contributed by atoms with E-state index in [1.165, 1.54) is 111 Å². The molecule has 4 heteroatoms. The van der Waals surface area contributed by atoms with Crippen molar-refractivity contribution in [2.24, 2.45) is 0 Å². The first-order chi connectivity index (χ1) is 32.2. The Hall–Kier alpha value is -7.24. The number of nitrogens with zero attached hydrogens (tertiary/aromatic N) is 2. The van der Waals surface area contributed by atoms with E-state index in [1.54, 1.807) is 12.2 Å². The lowest BCUT2D eigenvalue weighted by Crippen LogP contribution is -1.95. The fourth-order valence-electron chi connectivity index (χ4n) is 9.55. The molecular weight excluding hydrogens is 825 g/mol. The molecule has 0 fully saturated rings. The Bertz CT molecular complexity index is 3440. The Kier molecular flexibility index (Phi) is 12.7. The first-order valence-corrected chi connectivity index (χ1v) is 23.8. The Morgan fingerprint density at radius 3 is 1.48 bits per heavy atom. The summed E-state index contributed by atoms with van der Waals surface area (Å²) in [7, 11) is 0. The van der Waals surface area contributed by atoms with Crippen LogP contribution in [0.1, 0.15) is 25.0 Å². The van der Waals surface area contributed by atoms with E-state index >= 15 is 0 Å². The van der Waals surface area contributed by atoms with E-state index in [2.05, 4.69) is 252 Å². The van der Waals surface area contributed by atoms with E-state index in [-0.39, 0.29) is 0 Å². The van der Waals surface area contributed by atoms with Gasteiger partial charge in [0.25, 0.3) is 0 Å². The molecule has 9 aromatic carbocycles. The summed E-state index contributed by atoms with van der Waals surface area (Å²) in [5.74, 6) is 0. The summed E-state index contributed by atoms with van der Waals surface area (Å²) in [6, 6.07) is 75.8. The van der Waals surface area contributed by atoms with Gasteiger partial charge in [-0.1, -0.05) is 179 Å². The van der Waals surface area contributed by atoms with Gasteiger partial charge in [-0.15, -0.1) is 23.3 Å². The van der Waals surface area contributed by atoms with Gasteiger partial charge in [-0.2, -0.15) is 0 Å². The second-order valence-corrected chi connectivity index (χ2v) is 15.8. The SMILES string of the molecule is C=CC=C.CC.SS.c1ccc(-n2c3ccccc3c3cc(-c4cccc(-c5ccc6c(c5)-c5cccc(-c7cccc(-n8c9ccccc9c9ccccc98)c7)c5C6)c4)ccc32)cc1. The fourth-order valence-corrected chi connectivity index (χ4v) is 9.55. The molecule has 0 saturated carbocycles. The number of rotatable bonds is 6. The van der Waals surface area contributed by atoms with Crippen LogP contribution in [-0.2, 0) is 6.42 Å². The molecule has 0 amide bonds. The molecule has 0 atom stereocenters. The summed E-state index contributed by atoms with van der Waals surface area (Å²) >= 11 is 6.44. The summed E-state index contributed by atoms with van der Waals surface area (Å²) < 4.78 is 4.79. The Morgan fingerprint density at radius 2 is 0.831 bits per heavy atom. The van der Waals surface area contributed by atoms with Crippen molar-refractivity contribution in [1.29, 1.82) is 0 Å². The maximum atomic E-state index is 3.36. The van der Waals surface area contributed by atoms with Crippen molar-refractivity contribution in [3.05, 3.63) is 243 Å². The third kappa shape index (κ3) is 7.90. The predicted octanol–water partition coefficient (Wildman–Crippen LogP) is 17.6. The van der Waals surface area contributed by atoms with Gasteiger partial charge in [0.15, 0.2) is 0 Å². The topological polar surface area (TPSA) is 9.86 Å². The molecule has 0 saturated heterocycles. The average Bonchev–Trinajstić information content (AvgIpc) is 4.05. The quantitative estimate of drug-likeness (QED) is 0.0936. The van der Waals surface area contributed by atoms with Crippen molar-refractivity contribution in [2.45, 2.75) is 20.3 Å². The molecule has 2 nitrogen and oxygen atoms in total. The number of fused-ring (bicyclic) bond motifs is 9. The van der Waals surface area contributed by atoms with Crippen LogP contribution in [0.2, 0.25) is 0 Å². The minimum atomic E-state index is 0.928. The normalized spacial score (nSPS) is 11.1. The number of aromatic nitrogens is 2. The highest BCUT2D eigenvalue weighted by molar-refractivity contribution is 8.59. The number of hydrogen-bond donors (Lipinski definition) is 2. The average molecular weight is 875 g/mol. The van der Waals surface area contributed by atoms with Crippen molar-refractivity contribution in [3.63, 3.8) is 0 Å². The van der Waals surface area contributed by atoms with E-state index in [0.717, 1.165) is 6.42 Å². The van der Waals surface area contributed by atoms with Gasteiger partial charge in [-0.25, -0.2) is 0 Å². The molecule has 2 heterocycles. The van der Waals surface area contributed by atoms with Crippen LogP contribution in [0.5, 0.6) is 0 Å². The molecule has 1 aliphatic rings. The number of para-hydroxylation sites is 4. The van der Waals surface area contributed by atoms with Crippen LogP contribution in [0.4, 0.5) is 0 Å². The molecule has 316 valence electrons. The standard InChI is InChI=1S/C55H36N2.C4H6.C2H6.H2S2/c1-2-16-42(17-3-1)56-54-26-9-6-21-48(54)51-34-39(29-30-55(51)56)37-14-10-13-36(31-37)38-27-28-41-35-50-44(22-12-23-45(50)49(41)33-38)40-15-11-18-43(32-40)57-52-24-7-4-19-46(52)47-20-5-8-25-53(47)57;1-3-4-2;2*1-2/h1-34H,35H2;3-4H,1-2H2;1-2H3;1-2H. The molecule has 0 N–H and O–H groups in total. The molecule has 0 radical (unpaired) electrons. The zero-order valence-electron chi connectivity index (χ0n) is 36.7. The lowest BCUT2D eigenvalue weighted by molar-refractivity contribution is 1.18. The van der Waals surface area contributed by atoms with Crippen LogP contribution in [0.15, 0.2) is 232 Å². The van der Waals surface area contributed by atoms with Crippen molar-refractivity contribution in [3.8, 4) is 55.9 Å². The van der Waals surface area contributed by atoms with Gasteiger partial charge < -0.3 is 9.13 Å². The smallest absolute Gasteiger partial charge is 0.0541 e. The van der Waals surface area contributed by atoms with Crippen molar-refractivity contribution in [1.82, 2.24) is 9.13 Å². The van der Waals surface area contributed by atoms with E-state index in [0.29, 0.717) is 0 Å². The second kappa shape index (κ2) is 19.2. The van der Waals surface area contributed by atoms with Gasteiger partial charge in [-0.3, -0.25) is 0 Å². The van der Waals surface area contributed by atoms with Crippen molar-refractivity contribution >= 4 is 66.9 Å². The minimum absolute atomic E-state index is 0.928. The van der Waals surface area contributed by atoms with Gasteiger partial charge >= 0.3 is 0 Å². The Labute approximate surface area is 392 Å². The van der Waals surface area contributed by atoms with Gasteiger partial charge in [0.1, 0.15) is 0 Å². The summed E-state index contributed by atoms with van der Waals surface area (Å²) in [4.78, 5) is 0. The highest BCUT2D eigenvalue weighted by Gasteiger charge is 2.23. The molecule has 12 rings (SSSR count). The summed E-state index contributed by atoms with van der Waals surface area (Å²) in [6.07, 6.45) is 4.21. The van der Waals surface area contributed by atoms with Crippen LogP contribution in [0, 0.1) is 0 Å². The number of benzene rings is 9. The molecule has 1 aliphatic carbocycles. The number of thiol groups is 2.